The molecule has 20 heavy (non-hydrogen) atoms. The summed E-state index contributed by atoms with van der Waals surface area (Å²) in [4.78, 5) is 16.8. The van der Waals surface area contributed by atoms with Gasteiger partial charge in [0.15, 0.2) is 0 Å². The number of benzene rings is 1. The van der Waals surface area contributed by atoms with E-state index in [1.54, 1.807) is 10.9 Å². The third-order valence-electron chi connectivity index (χ3n) is 3.98. The zero-order chi connectivity index (χ0) is 13.9. The van der Waals surface area contributed by atoms with Crippen LogP contribution in [-0.2, 0) is 6.54 Å². The average molecular weight is 292 g/mol. The quantitative estimate of drug-likeness (QED) is 0.862. The van der Waals surface area contributed by atoms with Crippen LogP contribution in [0.5, 0.6) is 0 Å². The molecule has 1 N–H and O–H groups in total. The Balaban J connectivity index is 1.97. The van der Waals surface area contributed by atoms with Crippen molar-refractivity contribution in [2.24, 2.45) is 5.92 Å². The highest BCUT2D eigenvalue weighted by molar-refractivity contribution is 6.17. The number of nitrogens with one attached hydrogen (secondary N) is 1. The van der Waals surface area contributed by atoms with Gasteiger partial charge in [-0.2, -0.15) is 0 Å². The molecule has 0 radical (unpaired) electrons. The highest BCUT2D eigenvalue weighted by Gasteiger charge is 2.17. The Morgan fingerprint density at radius 1 is 1.40 bits per heavy atom. The standard InChI is InChI=1S/C15H18ClN3O/c16-7-8-19-10-18-13-6-2-5-12(14(13)15(19)20)17-9-11-3-1-4-11/h2,5-6,10-11,17H,1,3-4,7-9H2. The van der Waals surface area contributed by atoms with Crippen LogP contribution in [-0.4, -0.2) is 22.0 Å². The number of aromatic nitrogens is 2. The van der Waals surface area contributed by atoms with Crippen molar-refractivity contribution in [3.63, 3.8) is 0 Å². The number of alkyl halides is 1. The zero-order valence-corrected chi connectivity index (χ0v) is 12.1. The van der Waals surface area contributed by atoms with E-state index in [0.29, 0.717) is 17.8 Å². The van der Waals surface area contributed by atoms with Crippen molar-refractivity contribution >= 4 is 28.2 Å². The summed E-state index contributed by atoms with van der Waals surface area (Å²) in [5, 5.41) is 4.08. The summed E-state index contributed by atoms with van der Waals surface area (Å²) in [6.45, 7) is 1.42. The molecule has 1 aliphatic rings. The Kier molecular flexibility index (Phi) is 3.92. The van der Waals surface area contributed by atoms with Gasteiger partial charge in [0.1, 0.15) is 0 Å². The van der Waals surface area contributed by atoms with Gasteiger partial charge in [-0.05, 0) is 30.9 Å². The van der Waals surface area contributed by atoms with Crippen LogP contribution in [0, 0.1) is 5.92 Å². The van der Waals surface area contributed by atoms with E-state index >= 15 is 0 Å². The molecule has 1 aromatic carbocycles. The minimum Gasteiger partial charge on any atom is -0.384 e. The van der Waals surface area contributed by atoms with Crippen LogP contribution < -0.4 is 10.9 Å². The van der Waals surface area contributed by atoms with Crippen LogP contribution in [0.2, 0.25) is 0 Å². The van der Waals surface area contributed by atoms with Crippen molar-refractivity contribution in [1.29, 1.82) is 0 Å². The summed E-state index contributed by atoms with van der Waals surface area (Å²) in [5.41, 5.74) is 1.60. The highest BCUT2D eigenvalue weighted by Crippen LogP contribution is 2.27. The van der Waals surface area contributed by atoms with E-state index in [2.05, 4.69) is 10.3 Å². The lowest BCUT2D eigenvalue weighted by molar-refractivity contribution is 0.333. The number of nitrogens with zero attached hydrogens (tertiary/aromatic N) is 2. The molecule has 1 heterocycles. The van der Waals surface area contributed by atoms with Gasteiger partial charge in [0.05, 0.1) is 17.2 Å². The number of fused-ring (bicyclic) bond motifs is 1. The SMILES string of the molecule is O=c1c2c(NCC3CCC3)cccc2ncn1CCCl. The third kappa shape index (κ3) is 2.52. The number of anilines is 1. The van der Waals surface area contributed by atoms with E-state index in [9.17, 15) is 4.79 Å². The second kappa shape index (κ2) is 5.83. The van der Waals surface area contributed by atoms with E-state index < -0.39 is 0 Å². The first-order chi connectivity index (χ1) is 9.79. The predicted octanol–water partition coefficient (Wildman–Crippen LogP) is 2.85. The topological polar surface area (TPSA) is 46.9 Å². The normalized spacial score (nSPS) is 15.2. The first-order valence-corrected chi connectivity index (χ1v) is 7.61. The largest absolute Gasteiger partial charge is 0.384 e. The van der Waals surface area contributed by atoms with Crippen LogP contribution in [0.3, 0.4) is 0 Å². The molecule has 2 aromatic rings. The number of aryl methyl sites for hydroxylation is 1. The smallest absolute Gasteiger partial charge is 0.263 e. The lowest BCUT2D eigenvalue weighted by Crippen LogP contribution is -2.24. The Hall–Kier alpha value is -1.55. The Labute approximate surface area is 122 Å². The van der Waals surface area contributed by atoms with Gasteiger partial charge in [-0.3, -0.25) is 9.36 Å². The summed E-state index contributed by atoms with van der Waals surface area (Å²) < 4.78 is 1.57. The lowest BCUT2D eigenvalue weighted by atomic mass is 9.85. The second-order valence-corrected chi connectivity index (χ2v) is 5.69. The number of hydrogen-bond donors (Lipinski definition) is 1. The number of hydrogen-bond acceptors (Lipinski definition) is 3. The van der Waals surface area contributed by atoms with Gasteiger partial charge in [-0.1, -0.05) is 12.5 Å². The Morgan fingerprint density at radius 3 is 2.95 bits per heavy atom. The molecule has 0 amide bonds. The van der Waals surface area contributed by atoms with Gasteiger partial charge in [-0.15, -0.1) is 11.6 Å². The molecule has 1 aliphatic carbocycles. The maximum atomic E-state index is 12.5. The summed E-state index contributed by atoms with van der Waals surface area (Å²) in [6.07, 6.45) is 5.47. The van der Waals surface area contributed by atoms with Crippen molar-refractivity contribution < 1.29 is 0 Å². The molecule has 4 nitrogen and oxygen atoms in total. The van der Waals surface area contributed by atoms with Gasteiger partial charge in [0.25, 0.3) is 5.56 Å². The number of rotatable bonds is 5. The fraction of sp³-hybridized carbons (Fsp3) is 0.467. The maximum Gasteiger partial charge on any atom is 0.263 e. The first-order valence-electron chi connectivity index (χ1n) is 7.07. The fourth-order valence-electron chi connectivity index (χ4n) is 2.55. The summed E-state index contributed by atoms with van der Waals surface area (Å²) in [6, 6.07) is 5.76. The van der Waals surface area contributed by atoms with E-state index in [1.165, 1.54) is 19.3 Å². The van der Waals surface area contributed by atoms with E-state index in [-0.39, 0.29) is 5.56 Å². The zero-order valence-electron chi connectivity index (χ0n) is 11.3. The van der Waals surface area contributed by atoms with Crippen LogP contribution in [0.1, 0.15) is 19.3 Å². The summed E-state index contributed by atoms with van der Waals surface area (Å²) in [7, 11) is 0. The molecule has 3 rings (SSSR count). The lowest BCUT2D eigenvalue weighted by Gasteiger charge is -2.26. The van der Waals surface area contributed by atoms with Crippen molar-refractivity contribution in [2.75, 3.05) is 17.7 Å². The van der Waals surface area contributed by atoms with Crippen molar-refractivity contribution in [3.05, 3.63) is 34.9 Å². The monoisotopic (exact) mass is 291 g/mol. The Bertz CT molecular complexity index is 664. The van der Waals surface area contributed by atoms with Crippen molar-refractivity contribution in [1.82, 2.24) is 9.55 Å². The van der Waals surface area contributed by atoms with Gasteiger partial charge in [0, 0.05) is 24.7 Å². The van der Waals surface area contributed by atoms with Crippen LogP contribution >= 0.6 is 11.6 Å². The maximum absolute atomic E-state index is 12.5. The van der Waals surface area contributed by atoms with Gasteiger partial charge in [0.2, 0.25) is 0 Å². The molecule has 106 valence electrons. The molecular weight excluding hydrogens is 274 g/mol. The first kappa shape index (κ1) is 13.4. The third-order valence-corrected chi connectivity index (χ3v) is 4.15. The van der Waals surface area contributed by atoms with Gasteiger partial charge in [-0.25, -0.2) is 4.98 Å². The van der Waals surface area contributed by atoms with E-state index in [4.69, 9.17) is 11.6 Å². The summed E-state index contributed by atoms with van der Waals surface area (Å²) >= 11 is 5.72. The molecule has 0 spiro atoms. The average Bonchev–Trinajstić information content (AvgIpc) is 2.40. The molecule has 0 unspecified atom stereocenters. The predicted molar refractivity (Wildman–Crippen MR) is 82.6 cm³/mol. The van der Waals surface area contributed by atoms with Crippen molar-refractivity contribution in [2.45, 2.75) is 25.8 Å². The molecule has 5 heteroatoms. The minimum atomic E-state index is -0.0210. The number of halogens is 1. The molecule has 0 aliphatic heterocycles. The van der Waals surface area contributed by atoms with Crippen molar-refractivity contribution in [3.8, 4) is 0 Å². The highest BCUT2D eigenvalue weighted by atomic mass is 35.5. The molecular formula is C15H18ClN3O. The van der Waals surface area contributed by atoms with Gasteiger partial charge < -0.3 is 5.32 Å². The van der Waals surface area contributed by atoms with E-state index in [1.807, 2.05) is 18.2 Å². The Morgan fingerprint density at radius 2 is 2.25 bits per heavy atom. The van der Waals surface area contributed by atoms with E-state index in [0.717, 1.165) is 23.7 Å². The second-order valence-electron chi connectivity index (χ2n) is 5.31. The minimum absolute atomic E-state index is 0.0210. The molecule has 1 aromatic heterocycles. The van der Waals surface area contributed by atoms with Crippen LogP contribution in [0.15, 0.2) is 29.3 Å². The molecule has 1 fully saturated rings. The fourth-order valence-corrected chi connectivity index (χ4v) is 2.73. The molecule has 0 bridgehead atoms. The van der Waals surface area contributed by atoms with Gasteiger partial charge >= 0.3 is 0 Å². The summed E-state index contributed by atoms with van der Waals surface area (Å²) in [5.74, 6) is 1.15. The molecule has 0 saturated heterocycles. The molecule has 1 saturated carbocycles. The molecule has 0 atom stereocenters. The van der Waals surface area contributed by atoms with Crippen LogP contribution in [0.4, 0.5) is 5.69 Å². The van der Waals surface area contributed by atoms with Crippen LogP contribution in [0.25, 0.3) is 10.9 Å².